The van der Waals surface area contributed by atoms with E-state index in [-0.39, 0.29) is 17.9 Å². The van der Waals surface area contributed by atoms with E-state index in [0.717, 1.165) is 43.4 Å². The maximum atomic E-state index is 12.5. The lowest BCUT2D eigenvalue weighted by molar-refractivity contribution is 0.0681. The fourth-order valence-corrected chi connectivity index (χ4v) is 3.16. The first-order valence-corrected chi connectivity index (χ1v) is 8.47. The van der Waals surface area contributed by atoms with Crippen LogP contribution >= 0.6 is 0 Å². The SMILES string of the molecule is O=C(OCc1ccccc1)N1CCCCC1Cc1ccc(O)cc1. The van der Waals surface area contributed by atoms with Crippen LogP contribution in [0.15, 0.2) is 54.6 Å². The Labute approximate surface area is 142 Å². The van der Waals surface area contributed by atoms with Crippen LogP contribution in [0.1, 0.15) is 30.4 Å². The Balaban J connectivity index is 1.60. The highest BCUT2D eigenvalue weighted by molar-refractivity contribution is 5.68. The van der Waals surface area contributed by atoms with Gasteiger partial charge >= 0.3 is 6.09 Å². The lowest BCUT2D eigenvalue weighted by Crippen LogP contribution is -2.45. The summed E-state index contributed by atoms with van der Waals surface area (Å²) in [5.41, 5.74) is 2.12. The molecule has 1 aliphatic rings. The van der Waals surface area contributed by atoms with Crippen molar-refractivity contribution in [1.29, 1.82) is 0 Å². The second kappa shape index (κ2) is 7.86. The Morgan fingerprint density at radius 1 is 1.04 bits per heavy atom. The molecule has 1 heterocycles. The van der Waals surface area contributed by atoms with Crippen molar-refractivity contribution in [3.63, 3.8) is 0 Å². The highest BCUT2D eigenvalue weighted by Crippen LogP contribution is 2.23. The van der Waals surface area contributed by atoms with Gasteiger partial charge in [0.25, 0.3) is 0 Å². The molecule has 0 spiro atoms. The maximum absolute atomic E-state index is 12.5. The maximum Gasteiger partial charge on any atom is 0.410 e. The van der Waals surface area contributed by atoms with E-state index < -0.39 is 0 Å². The number of ether oxygens (including phenoxy) is 1. The summed E-state index contributed by atoms with van der Waals surface area (Å²) in [4.78, 5) is 14.4. The Bertz CT molecular complexity index is 654. The number of phenolic OH excluding ortho intramolecular Hbond substituents is 1. The smallest absolute Gasteiger partial charge is 0.410 e. The van der Waals surface area contributed by atoms with Gasteiger partial charge in [-0.1, -0.05) is 42.5 Å². The van der Waals surface area contributed by atoms with Crippen LogP contribution in [0.4, 0.5) is 4.79 Å². The van der Waals surface area contributed by atoms with E-state index in [1.807, 2.05) is 47.4 Å². The van der Waals surface area contributed by atoms with Crippen LogP contribution in [-0.4, -0.2) is 28.7 Å². The topological polar surface area (TPSA) is 49.8 Å². The number of piperidine rings is 1. The highest BCUT2D eigenvalue weighted by Gasteiger charge is 2.27. The number of phenols is 1. The number of carbonyl (C=O) groups excluding carboxylic acids is 1. The molecule has 0 bridgehead atoms. The number of amides is 1. The lowest BCUT2D eigenvalue weighted by Gasteiger charge is -2.35. The van der Waals surface area contributed by atoms with Gasteiger partial charge in [-0.25, -0.2) is 4.79 Å². The molecule has 1 unspecified atom stereocenters. The van der Waals surface area contributed by atoms with Gasteiger partial charge in [-0.3, -0.25) is 0 Å². The monoisotopic (exact) mass is 325 g/mol. The Hall–Kier alpha value is -2.49. The van der Waals surface area contributed by atoms with Gasteiger partial charge in [0.05, 0.1) is 0 Å². The van der Waals surface area contributed by atoms with Gasteiger partial charge in [-0.2, -0.15) is 0 Å². The van der Waals surface area contributed by atoms with Gasteiger partial charge in [0.2, 0.25) is 0 Å². The van der Waals surface area contributed by atoms with Crippen molar-refractivity contribution >= 4 is 6.09 Å². The second-order valence-corrected chi connectivity index (χ2v) is 6.25. The zero-order valence-electron chi connectivity index (χ0n) is 13.7. The predicted octanol–water partition coefficient (Wildman–Crippen LogP) is 4.13. The van der Waals surface area contributed by atoms with Crippen LogP contribution in [0.3, 0.4) is 0 Å². The van der Waals surface area contributed by atoms with Crippen molar-refractivity contribution in [2.45, 2.75) is 38.3 Å². The summed E-state index contributed by atoms with van der Waals surface area (Å²) in [6.45, 7) is 1.05. The van der Waals surface area contributed by atoms with E-state index in [2.05, 4.69) is 0 Å². The number of hydrogen-bond acceptors (Lipinski definition) is 3. The molecule has 4 heteroatoms. The molecule has 0 radical (unpaired) electrons. The molecule has 24 heavy (non-hydrogen) atoms. The molecule has 1 saturated heterocycles. The average molecular weight is 325 g/mol. The van der Waals surface area contributed by atoms with E-state index in [1.165, 1.54) is 0 Å². The van der Waals surface area contributed by atoms with Gasteiger partial charge < -0.3 is 14.7 Å². The minimum Gasteiger partial charge on any atom is -0.508 e. The largest absolute Gasteiger partial charge is 0.508 e. The Kier molecular flexibility index (Phi) is 5.36. The van der Waals surface area contributed by atoms with Crippen molar-refractivity contribution in [2.75, 3.05) is 6.54 Å². The number of carbonyl (C=O) groups is 1. The first-order valence-electron chi connectivity index (χ1n) is 8.47. The molecule has 126 valence electrons. The van der Waals surface area contributed by atoms with E-state index in [1.54, 1.807) is 12.1 Å². The summed E-state index contributed by atoms with van der Waals surface area (Å²) in [5.74, 6) is 0.265. The molecular weight excluding hydrogens is 302 g/mol. The van der Waals surface area contributed by atoms with Crippen LogP contribution in [0.5, 0.6) is 5.75 Å². The molecule has 3 rings (SSSR count). The number of benzene rings is 2. The molecular formula is C20H23NO3. The third kappa shape index (κ3) is 4.28. The van der Waals surface area contributed by atoms with Gasteiger partial charge in [0.1, 0.15) is 12.4 Å². The fourth-order valence-electron chi connectivity index (χ4n) is 3.16. The minimum absolute atomic E-state index is 0.159. The number of hydrogen-bond donors (Lipinski definition) is 1. The summed E-state index contributed by atoms with van der Waals surface area (Å²) >= 11 is 0. The van der Waals surface area contributed by atoms with Crippen molar-refractivity contribution in [3.8, 4) is 5.75 Å². The molecule has 1 aliphatic heterocycles. The van der Waals surface area contributed by atoms with Crippen LogP contribution in [0.2, 0.25) is 0 Å². The normalized spacial score (nSPS) is 17.5. The molecule has 1 amide bonds. The molecule has 1 atom stereocenters. The summed E-state index contributed by atoms with van der Waals surface area (Å²) in [7, 11) is 0. The molecule has 4 nitrogen and oxygen atoms in total. The van der Waals surface area contributed by atoms with Crippen molar-refractivity contribution in [3.05, 3.63) is 65.7 Å². The van der Waals surface area contributed by atoms with Crippen molar-refractivity contribution < 1.29 is 14.6 Å². The Morgan fingerprint density at radius 3 is 2.54 bits per heavy atom. The highest BCUT2D eigenvalue weighted by atomic mass is 16.6. The third-order valence-electron chi connectivity index (χ3n) is 4.47. The summed E-state index contributed by atoms with van der Waals surface area (Å²) in [6, 6.07) is 17.1. The molecule has 1 fully saturated rings. The van der Waals surface area contributed by atoms with Crippen molar-refractivity contribution in [1.82, 2.24) is 4.90 Å². The van der Waals surface area contributed by atoms with E-state index >= 15 is 0 Å². The zero-order chi connectivity index (χ0) is 16.8. The molecule has 0 aromatic heterocycles. The van der Waals surface area contributed by atoms with Gasteiger partial charge in [0.15, 0.2) is 0 Å². The molecule has 2 aromatic carbocycles. The molecule has 0 aliphatic carbocycles. The van der Waals surface area contributed by atoms with Gasteiger partial charge in [0, 0.05) is 12.6 Å². The minimum atomic E-state index is -0.234. The lowest BCUT2D eigenvalue weighted by atomic mass is 9.96. The summed E-state index contributed by atoms with van der Waals surface area (Å²) in [5, 5.41) is 9.40. The first-order chi connectivity index (χ1) is 11.7. The number of rotatable bonds is 4. The molecule has 1 N–H and O–H groups in total. The van der Waals surface area contributed by atoms with Gasteiger partial charge in [-0.05, 0) is 48.9 Å². The van der Waals surface area contributed by atoms with E-state index in [4.69, 9.17) is 4.74 Å². The van der Waals surface area contributed by atoms with Crippen LogP contribution in [0.25, 0.3) is 0 Å². The summed E-state index contributed by atoms with van der Waals surface area (Å²) < 4.78 is 5.50. The fraction of sp³-hybridized carbons (Fsp3) is 0.350. The van der Waals surface area contributed by atoms with E-state index in [9.17, 15) is 9.90 Å². The number of nitrogens with zero attached hydrogens (tertiary/aromatic N) is 1. The summed E-state index contributed by atoms with van der Waals surface area (Å²) in [6.07, 6.45) is 3.70. The third-order valence-corrected chi connectivity index (χ3v) is 4.47. The second-order valence-electron chi connectivity index (χ2n) is 6.25. The zero-order valence-corrected chi connectivity index (χ0v) is 13.7. The average Bonchev–Trinajstić information content (AvgIpc) is 2.63. The van der Waals surface area contributed by atoms with Gasteiger partial charge in [-0.15, -0.1) is 0 Å². The number of aromatic hydroxyl groups is 1. The van der Waals surface area contributed by atoms with Crippen LogP contribution in [-0.2, 0) is 17.8 Å². The standard InChI is InChI=1S/C20H23NO3/c22-19-11-9-16(10-12-19)14-18-8-4-5-13-21(18)20(23)24-15-17-6-2-1-3-7-17/h1-3,6-7,9-12,18,22H,4-5,8,13-15H2. The Morgan fingerprint density at radius 2 is 1.79 bits per heavy atom. The quantitative estimate of drug-likeness (QED) is 0.919. The predicted molar refractivity (Wildman–Crippen MR) is 92.8 cm³/mol. The van der Waals surface area contributed by atoms with Crippen molar-refractivity contribution in [2.24, 2.45) is 0 Å². The molecule has 0 saturated carbocycles. The van der Waals surface area contributed by atoms with E-state index in [0.29, 0.717) is 6.61 Å². The first kappa shape index (κ1) is 16.4. The van der Waals surface area contributed by atoms with Crippen LogP contribution < -0.4 is 0 Å². The van der Waals surface area contributed by atoms with Crippen LogP contribution in [0, 0.1) is 0 Å². The molecule has 2 aromatic rings. The number of likely N-dealkylation sites (tertiary alicyclic amines) is 1.